The minimum Gasteiger partial charge on any atom is -0.478 e. The molecule has 0 spiro atoms. The zero-order valence-corrected chi connectivity index (χ0v) is 10.3. The molecule has 0 aliphatic carbocycles. The van der Waals surface area contributed by atoms with Gasteiger partial charge in [-0.05, 0) is 24.3 Å². The number of carbonyl (C=O) groups is 1. The molecule has 0 aliphatic heterocycles. The Labute approximate surface area is 115 Å². The van der Waals surface area contributed by atoms with Crippen LogP contribution in [0.1, 0.15) is 10.4 Å². The fourth-order valence-electron chi connectivity index (χ4n) is 2.15. The van der Waals surface area contributed by atoms with E-state index in [0.717, 1.165) is 12.1 Å². The maximum atomic E-state index is 13.9. The molecule has 1 aromatic heterocycles. The molecule has 2 aromatic carbocycles. The fourth-order valence-corrected chi connectivity index (χ4v) is 2.15. The Hall–Kier alpha value is -2.83. The Morgan fingerprint density at radius 1 is 1.10 bits per heavy atom. The quantitative estimate of drug-likeness (QED) is 0.712. The first-order valence-electron chi connectivity index (χ1n) is 5.85. The average molecular weight is 292 g/mol. The van der Waals surface area contributed by atoms with Crippen LogP contribution in [0.2, 0.25) is 0 Å². The maximum absolute atomic E-state index is 13.9. The molecule has 0 saturated heterocycles. The Kier molecular flexibility index (Phi) is 2.90. The van der Waals surface area contributed by atoms with Crippen molar-refractivity contribution in [3.63, 3.8) is 0 Å². The highest BCUT2D eigenvalue weighted by molar-refractivity contribution is 6.08. The van der Waals surface area contributed by atoms with Crippen LogP contribution in [0.4, 0.5) is 13.2 Å². The van der Waals surface area contributed by atoms with Crippen molar-refractivity contribution < 1.29 is 23.1 Å². The minimum atomic E-state index is -1.63. The van der Waals surface area contributed by atoms with E-state index in [0.29, 0.717) is 5.52 Å². The van der Waals surface area contributed by atoms with Gasteiger partial charge in [-0.2, -0.15) is 5.10 Å². The smallest absolute Gasteiger partial charge is 0.336 e. The molecule has 0 fully saturated rings. The van der Waals surface area contributed by atoms with Crippen molar-refractivity contribution in [1.29, 1.82) is 0 Å². The van der Waals surface area contributed by atoms with Crippen LogP contribution in [0.25, 0.3) is 22.2 Å². The van der Waals surface area contributed by atoms with Gasteiger partial charge in [0.2, 0.25) is 0 Å². The average Bonchev–Trinajstić information content (AvgIpc) is 2.88. The Morgan fingerprint density at radius 3 is 2.57 bits per heavy atom. The summed E-state index contributed by atoms with van der Waals surface area (Å²) in [6.07, 6.45) is 0. The molecular weight excluding hydrogens is 285 g/mol. The molecule has 0 amide bonds. The zero-order valence-electron chi connectivity index (χ0n) is 10.3. The molecule has 21 heavy (non-hydrogen) atoms. The molecule has 106 valence electrons. The number of aromatic carboxylic acids is 1. The summed E-state index contributed by atoms with van der Waals surface area (Å²) < 4.78 is 40.2. The predicted molar refractivity (Wildman–Crippen MR) is 68.4 cm³/mol. The lowest BCUT2D eigenvalue weighted by molar-refractivity contribution is 0.0699. The van der Waals surface area contributed by atoms with E-state index in [1.54, 1.807) is 6.07 Å². The second-order valence-corrected chi connectivity index (χ2v) is 4.33. The van der Waals surface area contributed by atoms with Crippen molar-refractivity contribution >= 4 is 16.9 Å². The lowest BCUT2D eigenvalue weighted by Gasteiger charge is -2.04. The SMILES string of the molecule is O=C(O)c1cccc2[nH]nc(-c3ccc(F)c(F)c3F)c12. The molecule has 0 aliphatic rings. The summed E-state index contributed by atoms with van der Waals surface area (Å²) in [6.45, 7) is 0. The molecule has 3 aromatic rings. The number of nitrogens with zero attached hydrogens (tertiary/aromatic N) is 1. The Morgan fingerprint density at radius 2 is 1.86 bits per heavy atom. The molecule has 3 rings (SSSR count). The second kappa shape index (κ2) is 4.62. The Balaban J connectivity index is 2.37. The number of carboxylic acid groups (broad SMARTS) is 1. The van der Waals surface area contributed by atoms with Gasteiger partial charge in [0, 0.05) is 10.9 Å². The van der Waals surface area contributed by atoms with Gasteiger partial charge in [0.05, 0.1) is 11.1 Å². The fraction of sp³-hybridized carbons (Fsp3) is 0. The van der Waals surface area contributed by atoms with Crippen LogP contribution in [-0.4, -0.2) is 21.3 Å². The number of aromatic amines is 1. The number of H-pyrrole nitrogens is 1. The Bertz CT molecular complexity index is 874. The number of benzene rings is 2. The summed E-state index contributed by atoms with van der Waals surface area (Å²) in [5.74, 6) is -5.60. The van der Waals surface area contributed by atoms with Gasteiger partial charge in [0.25, 0.3) is 0 Å². The van der Waals surface area contributed by atoms with Gasteiger partial charge in [-0.1, -0.05) is 6.07 Å². The normalized spacial score (nSPS) is 11.0. The minimum absolute atomic E-state index is 0.0839. The summed E-state index contributed by atoms with van der Waals surface area (Å²) in [5.41, 5.74) is -0.150. The highest BCUT2D eigenvalue weighted by Gasteiger charge is 2.21. The van der Waals surface area contributed by atoms with Gasteiger partial charge in [0.15, 0.2) is 17.5 Å². The molecule has 7 heteroatoms. The summed E-state index contributed by atoms with van der Waals surface area (Å²) in [6, 6.07) is 6.15. The standard InChI is InChI=1S/C14H7F3N2O2/c15-8-5-4-7(11(16)12(8)17)13-10-6(14(20)21)2-1-3-9(10)18-19-13/h1-5H,(H,18,19)(H,20,21). The van der Waals surface area contributed by atoms with Gasteiger partial charge >= 0.3 is 5.97 Å². The molecule has 2 N–H and O–H groups in total. The van der Waals surface area contributed by atoms with Crippen LogP contribution in [0.15, 0.2) is 30.3 Å². The van der Waals surface area contributed by atoms with Crippen LogP contribution in [0.3, 0.4) is 0 Å². The first kappa shape index (κ1) is 13.2. The summed E-state index contributed by atoms with van der Waals surface area (Å²) in [7, 11) is 0. The van der Waals surface area contributed by atoms with Crippen molar-refractivity contribution in [3.8, 4) is 11.3 Å². The first-order chi connectivity index (χ1) is 10.0. The molecule has 0 unspecified atom stereocenters. The first-order valence-corrected chi connectivity index (χ1v) is 5.85. The maximum Gasteiger partial charge on any atom is 0.336 e. The third-order valence-corrected chi connectivity index (χ3v) is 3.11. The lowest BCUT2D eigenvalue weighted by Crippen LogP contribution is -1.99. The highest BCUT2D eigenvalue weighted by Crippen LogP contribution is 2.32. The molecule has 0 bridgehead atoms. The van der Waals surface area contributed by atoms with E-state index in [9.17, 15) is 23.1 Å². The van der Waals surface area contributed by atoms with Crippen molar-refractivity contribution in [2.24, 2.45) is 0 Å². The topological polar surface area (TPSA) is 66.0 Å². The monoisotopic (exact) mass is 292 g/mol. The van der Waals surface area contributed by atoms with Gasteiger partial charge in [-0.25, -0.2) is 18.0 Å². The number of aromatic nitrogens is 2. The van der Waals surface area contributed by atoms with Gasteiger partial charge < -0.3 is 5.11 Å². The lowest BCUT2D eigenvalue weighted by atomic mass is 10.0. The van der Waals surface area contributed by atoms with Crippen molar-refractivity contribution in [1.82, 2.24) is 10.2 Å². The van der Waals surface area contributed by atoms with Crippen LogP contribution in [-0.2, 0) is 0 Å². The predicted octanol–water partition coefficient (Wildman–Crippen LogP) is 3.35. The summed E-state index contributed by atoms with van der Waals surface area (Å²) in [4.78, 5) is 11.2. The summed E-state index contributed by atoms with van der Waals surface area (Å²) in [5, 5.41) is 15.7. The van der Waals surface area contributed by atoms with Crippen molar-refractivity contribution in [2.45, 2.75) is 0 Å². The van der Waals surface area contributed by atoms with E-state index >= 15 is 0 Å². The van der Waals surface area contributed by atoms with Gasteiger partial charge in [-0.15, -0.1) is 0 Å². The molecule has 0 atom stereocenters. The summed E-state index contributed by atoms with van der Waals surface area (Å²) >= 11 is 0. The number of hydrogen-bond donors (Lipinski definition) is 2. The second-order valence-electron chi connectivity index (χ2n) is 4.33. The largest absolute Gasteiger partial charge is 0.478 e. The van der Waals surface area contributed by atoms with Gasteiger partial charge in [0.1, 0.15) is 5.69 Å². The van der Waals surface area contributed by atoms with E-state index in [2.05, 4.69) is 10.2 Å². The third kappa shape index (κ3) is 1.94. The highest BCUT2D eigenvalue weighted by atomic mass is 19.2. The van der Waals surface area contributed by atoms with E-state index in [4.69, 9.17) is 0 Å². The van der Waals surface area contributed by atoms with Crippen LogP contribution in [0.5, 0.6) is 0 Å². The van der Waals surface area contributed by atoms with Crippen LogP contribution >= 0.6 is 0 Å². The zero-order chi connectivity index (χ0) is 15.1. The molecule has 1 heterocycles. The van der Waals surface area contributed by atoms with Gasteiger partial charge in [-0.3, -0.25) is 5.10 Å². The number of hydrogen-bond acceptors (Lipinski definition) is 2. The van der Waals surface area contributed by atoms with Crippen molar-refractivity contribution in [3.05, 3.63) is 53.3 Å². The molecule has 0 saturated carbocycles. The third-order valence-electron chi connectivity index (χ3n) is 3.11. The number of halogens is 3. The number of rotatable bonds is 2. The number of nitrogens with one attached hydrogen (secondary N) is 1. The van der Waals surface area contributed by atoms with E-state index in [1.807, 2.05) is 0 Å². The number of fused-ring (bicyclic) bond motifs is 1. The molecular formula is C14H7F3N2O2. The van der Waals surface area contributed by atoms with Crippen LogP contribution < -0.4 is 0 Å². The van der Waals surface area contributed by atoms with E-state index in [1.165, 1.54) is 12.1 Å². The number of carboxylic acids is 1. The molecule has 4 nitrogen and oxygen atoms in total. The van der Waals surface area contributed by atoms with E-state index < -0.39 is 23.4 Å². The molecule has 0 radical (unpaired) electrons. The van der Waals surface area contributed by atoms with Crippen LogP contribution in [0, 0.1) is 17.5 Å². The van der Waals surface area contributed by atoms with E-state index in [-0.39, 0.29) is 22.2 Å². The van der Waals surface area contributed by atoms with Crippen molar-refractivity contribution in [2.75, 3.05) is 0 Å².